The van der Waals surface area contributed by atoms with Gasteiger partial charge in [0.15, 0.2) is 0 Å². The Balaban J connectivity index is -0.000000595. The summed E-state index contributed by atoms with van der Waals surface area (Å²) in [4.78, 5) is 22.9. The maximum atomic E-state index is 11.7. The van der Waals surface area contributed by atoms with Gasteiger partial charge in [0.25, 0.3) is 11.8 Å². The number of rotatable bonds is 4. The zero-order valence-corrected chi connectivity index (χ0v) is 15.0. The van der Waals surface area contributed by atoms with Crippen LogP contribution in [0.2, 0.25) is 0 Å². The molecule has 3 N–H and O–H groups in total. The molecule has 0 atom stereocenters. The summed E-state index contributed by atoms with van der Waals surface area (Å²) < 4.78 is 0. The summed E-state index contributed by atoms with van der Waals surface area (Å²) in [7, 11) is 0. The van der Waals surface area contributed by atoms with Crippen LogP contribution in [0.1, 0.15) is 45.0 Å². The average Bonchev–Trinajstić information content (AvgIpc) is 2.61. The van der Waals surface area contributed by atoms with Crippen LogP contribution in [-0.2, 0) is 4.79 Å². The molecular weight excluding hydrogens is 288 g/mol. The average molecular weight is 318 g/mol. The van der Waals surface area contributed by atoms with Gasteiger partial charge < -0.3 is 11.1 Å². The molecule has 0 saturated carbocycles. The number of nitrogens with one attached hydrogen (secondary N) is 1. The quantitative estimate of drug-likeness (QED) is 0.479. The third kappa shape index (κ3) is 9.85. The molecule has 1 aromatic rings. The molecule has 0 bridgehead atoms. The van der Waals surface area contributed by atoms with Gasteiger partial charge in [-0.1, -0.05) is 58.6 Å². The molecule has 1 aromatic carbocycles. The molecule has 4 nitrogen and oxygen atoms in total. The van der Waals surface area contributed by atoms with Crippen LogP contribution in [0.25, 0.3) is 0 Å². The molecule has 0 unspecified atom stereocenters. The third-order valence-corrected chi connectivity index (χ3v) is 2.23. The molecular formula is C19H30N2O2. The van der Waals surface area contributed by atoms with Crippen molar-refractivity contribution in [3.05, 3.63) is 67.3 Å². The highest BCUT2D eigenvalue weighted by atomic mass is 16.2. The SMILES string of the molecule is C=C.C=C/C(=C\C)C(=O)Nc1ccccc1C(N)=O.CC.CC. The van der Waals surface area contributed by atoms with E-state index in [0.29, 0.717) is 11.3 Å². The molecule has 0 fully saturated rings. The minimum Gasteiger partial charge on any atom is -0.366 e. The number of amides is 2. The van der Waals surface area contributed by atoms with E-state index in [-0.39, 0.29) is 11.5 Å². The summed E-state index contributed by atoms with van der Waals surface area (Å²) in [6.45, 7) is 19.3. The first-order valence-corrected chi connectivity index (χ1v) is 7.59. The summed E-state index contributed by atoms with van der Waals surface area (Å²) >= 11 is 0. The Hall–Kier alpha value is -2.62. The fraction of sp³-hybridized carbons (Fsp3) is 0.263. The van der Waals surface area contributed by atoms with Gasteiger partial charge in [0.1, 0.15) is 0 Å². The van der Waals surface area contributed by atoms with Crippen LogP contribution in [0.15, 0.2) is 61.7 Å². The fourth-order valence-electron chi connectivity index (χ4n) is 1.34. The fourth-order valence-corrected chi connectivity index (χ4v) is 1.34. The van der Waals surface area contributed by atoms with E-state index < -0.39 is 5.91 Å². The normalized spacial score (nSPS) is 8.65. The predicted molar refractivity (Wildman–Crippen MR) is 101 cm³/mol. The van der Waals surface area contributed by atoms with E-state index in [4.69, 9.17) is 5.73 Å². The first-order valence-electron chi connectivity index (χ1n) is 7.59. The van der Waals surface area contributed by atoms with Crippen molar-refractivity contribution in [2.24, 2.45) is 5.73 Å². The Kier molecular flexibility index (Phi) is 19.2. The van der Waals surface area contributed by atoms with Crippen LogP contribution < -0.4 is 11.1 Å². The van der Waals surface area contributed by atoms with E-state index >= 15 is 0 Å². The Labute approximate surface area is 140 Å². The summed E-state index contributed by atoms with van der Waals surface area (Å²) in [6.07, 6.45) is 3.08. The monoisotopic (exact) mass is 318 g/mol. The number of primary amides is 1. The number of para-hydroxylation sites is 1. The lowest BCUT2D eigenvalue weighted by Crippen LogP contribution is -2.18. The number of hydrogen-bond acceptors (Lipinski definition) is 2. The van der Waals surface area contributed by atoms with Crippen molar-refractivity contribution in [2.45, 2.75) is 34.6 Å². The van der Waals surface area contributed by atoms with Crippen molar-refractivity contribution in [1.82, 2.24) is 0 Å². The van der Waals surface area contributed by atoms with E-state index in [1.807, 2.05) is 27.7 Å². The first kappa shape index (κ1) is 25.3. The Bertz CT molecular complexity index is 506. The number of carbonyl (C=O) groups is 2. The molecule has 0 aliphatic rings. The second-order valence-electron chi connectivity index (χ2n) is 3.31. The lowest BCUT2D eigenvalue weighted by Gasteiger charge is -2.08. The third-order valence-electron chi connectivity index (χ3n) is 2.23. The van der Waals surface area contributed by atoms with Gasteiger partial charge in [-0.15, -0.1) is 13.2 Å². The van der Waals surface area contributed by atoms with Gasteiger partial charge in [0, 0.05) is 5.57 Å². The second-order valence-corrected chi connectivity index (χ2v) is 3.31. The molecule has 0 aliphatic heterocycles. The van der Waals surface area contributed by atoms with Crippen molar-refractivity contribution < 1.29 is 9.59 Å². The van der Waals surface area contributed by atoms with Gasteiger partial charge >= 0.3 is 0 Å². The van der Waals surface area contributed by atoms with Crippen LogP contribution in [0.5, 0.6) is 0 Å². The lowest BCUT2D eigenvalue weighted by molar-refractivity contribution is -0.112. The zero-order chi connectivity index (χ0) is 18.8. The van der Waals surface area contributed by atoms with Crippen molar-refractivity contribution >= 4 is 17.5 Å². The summed E-state index contributed by atoms with van der Waals surface area (Å²) in [5.74, 6) is -0.905. The molecule has 0 heterocycles. The molecule has 0 spiro atoms. The van der Waals surface area contributed by atoms with Crippen molar-refractivity contribution in [1.29, 1.82) is 0 Å². The molecule has 1 rings (SSSR count). The van der Waals surface area contributed by atoms with Gasteiger partial charge in [0.05, 0.1) is 11.3 Å². The maximum absolute atomic E-state index is 11.7. The molecule has 0 saturated heterocycles. The molecule has 4 heteroatoms. The number of hydrogen-bond donors (Lipinski definition) is 2. The highest BCUT2D eigenvalue weighted by molar-refractivity contribution is 6.09. The molecule has 0 aliphatic carbocycles. The van der Waals surface area contributed by atoms with Crippen molar-refractivity contribution in [3.8, 4) is 0 Å². The molecule has 128 valence electrons. The topological polar surface area (TPSA) is 72.2 Å². The minimum absolute atomic E-state index is 0.278. The second kappa shape index (κ2) is 17.4. The standard InChI is InChI=1S/C13H14N2O2.2C2H6.C2H4/c1-3-9(4-2)13(17)15-11-8-6-5-7-10(11)12(14)16;3*1-2/h3-8H,1H2,2H3,(H2,14,16)(H,15,17);2*1-2H3;1-2H2/b9-4+;;;. The highest BCUT2D eigenvalue weighted by Crippen LogP contribution is 2.15. The molecule has 23 heavy (non-hydrogen) atoms. The van der Waals surface area contributed by atoms with Gasteiger partial charge in [-0.3, -0.25) is 9.59 Å². The van der Waals surface area contributed by atoms with E-state index in [2.05, 4.69) is 25.1 Å². The van der Waals surface area contributed by atoms with Gasteiger partial charge in [-0.25, -0.2) is 0 Å². The molecule has 0 aromatic heterocycles. The van der Waals surface area contributed by atoms with E-state index in [0.717, 1.165) is 0 Å². The maximum Gasteiger partial charge on any atom is 0.255 e. The van der Waals surface area contributed by atoms with Gasteiger partial charge in [0.2, 0.25) is 0 Å². The van der Waals surface area contributed by atoms with Gasteiger partial charge in [-0.2, -0.15) is 0 Å². The zero-order valence-electron chi connectivity index (χ0n) is 15.0. The smallest absolute Gasteiger partial charge is 0.255 e. The largest absolute Gasteiger partial charge is 0.366 e. The Morgan fingerprint density at radius 1 is 1.09 bits per heavy atom. The summed E-state index contributed by atoms with van der Waals surface area (Å²) in [6, 6.07) is 6.57. The van der Waals surface area contributed by atoms with Crippen molar-refractivity contribution in [2.75, 3.05) is 5.32 Å². The van der Waals surface area contributed by atoms with E-state index in [1.165, 1.54) is 6.08 Å². The van der Waals surface area contributed by atoms with Crippen LogP contribution in [-0.4, -0.2) is 11.8 Å². The summed E-state index contributed by atoms with van der Waals surface area (Å²) in [5, 5.41) is 2.61. The minimum atomic E-state index is -0.582. The van der Waals surface area contributed by atoms with Gasteiger partial charge in [-0.05, 0) is 19.1 Å². The summed E-state index contributed by atoms with van der Waals surface area (Å²) in [5.41, 5.74) is 6.31. The van der Waals surface area contributed by atoms with Crippen LogP contribution >= 0.6 is 0 Å². The molecule has 2 amide bonds. The first-order chi connectivity index (χ1) is 11.1. The van der Waals surface area contributed by atoms with E-state index in [1.54, 1.807) is 37.3 Å². The molecule has 0 radical (unpaired) electrons. The van der Waals surface area contributed by atoms with E-state index in [9.17, 15) is 9.59 Å². The Morgan fingerprint density at radius 2 is 1.57 bits per heavy atom. The lowest BCUT2D eigenvalue weighted by atomic mass is 10.1. The van der Waals surface area contributed by atoms with Crippen LogP contribution in [0.3, 0.4) is 0 Å². The number of benzene rings is 1. The number of anilines is 1. The number of nitrogens with two attached hydrogens (primary N) is 1. The number of carbonyl (C=O) groups excluding carboxylic acids is 2. The highest BCUT2D eigenvalue weighted by Gasteiger charge is 2.11. The van der Waals surface area contributed by atoms with Crippen LogP contribution in [0, 0.1) is 0 Å². The number of allylic oxidation sites excluding steroid dienone is 1. The van der Waals surface area contributed by atoms with Crippen molar-refractivity contribution in [3.63, 3.8) is 0 Å². The predicted octanol–water partition coefficient (Wildman–Crippen LogP) is 4.71. The Morgan fingerprint density at radius 3 is 1.96 bits per heavy atom. The van der Waals surface area contributed by atoms with Crippen LogP contribution in [0.4, 0.5) is 5.69 Å².